The lowest BCUT2D eigenvalue weighted by Crippen LogP contribution is -2.41. The van der Waals surface area contributed by atoms with Crippen molar-refractivity contribution in [1.82, 2.24) is 4.90 Å². The summed E-state index contributed by atoms with van der Waals surface area (Å²) in [6.07, 6.45) is 2.37. The molecule has 0 aromatic heterocycles. The zero-order chi connectivity index (χ0) is 12.0. The van der Waals surface area contributed by atoms with E-state index in [9.17, 15) is 10.2 Å². The molecule has 0 aromatic carbocycles. The molecule has 1 heterocycles. The molecule has 1 unspecified atom stereocenters. The summed E-state index contributed by atoms with van der Waals surface area (Å²) < 4.78 is 5.44. The molecule has 16 heavy (non-hydrogen) atoms. The van der Waals surface area contributed by atoms with Gasteiger partial charge in [0.05, 0.1) is 19.8 Å². The van der Waals surface area contributed by atoms with Crippen molar-refractivity contribution in [3.05, 3.63) is 0 Å². The highest BCUT2D eigenvalue weighted by atomic mass is 16.5. The van der Waals surface area contributed by atoms with Crippen LogP contribution in [-0.2, 0) is 4.74 Å². The number of hydrogen-bond acceptors (Lipinski definition) is 4. The first kappa shape index (κ1) is 13.9. The summed E-state index contributed by atoms with van der Waals surface area (Å²) in [7, 11) is 2.04. The molecule has 1 aliphatic rings. The van der Waals surface area contributed by atoms with Gasteiger partial charge in [-0.25, -0.2) is 0 Å². The Bertz CT molecular complexity index is 189. The molecule has 0 amide bonds. The van der Waals surface area contributed by atoms with Gasteiger partial charge in [0, 0.05) is 25.1 Å². The zero-order valence-electron chi connectivity index (χ0n) is 10.5. The van der Waals surface area contributed by atoms with Crippen LogP contribution in [0.5, 0.6) is 0 Å². The smallest absolute Gasteiger partial charge is 0.0519 e. The van der Waals surface area contributed by atoms with Gasteiger partial charge in [0.2, 0.25) is 0 Å². The summed E-state index contributed by atoms with van der Waals surface area (Å²) in [6.45, 7) is 5.39. The SMILES string of the molecule is CN(CC1CCCOC1)CC(C)(CO)CO. The van der Waals surface area contributed by atoms with Gasteiger partial charge >= 0.3 is 0 Å². The van der Waals surface area contributed by atoms with E-state index in [1.54, 1.807) is 0 Å². The van der Waals surface area contributed by atoms with Crippen molar-refractivity contribution in [3.8, 4) is 0 Å². The van der Waals surface area contributed by atoms with Crippen molar-refractivity contribution in [2.75, 3.05) is 46.6 Å². The van der Waals surface area contributed by atoms with Gasteiger partial charge in [-0.2, -0.15) is 0 Å². The van der Waals surface area contributed by atoms with E-state index in [1.165, 1.54) is 6.42 Å². The molecule has 96 valence electrons. The summed E-state index contributed by atoms with van der Waals surface area (Å²) in [5, 5.41) is 18.5. The molecule has 0 aliphatic carbocycles. The van der Waals surface area contributed by atoms with Crippen LogP contribution in [0.3, 0.4) is 0 Å². The molecular formula is C12H25NO3. The summed E-state index contributed by atoms with van der Waals surface area (Å²) >= 11 is 0. The lowest BCUT2D eigenvalue weighted by Gasteiger charge is -2.33. The Morgan fingerprint density at radius 2 is 2.06 bits per heavy atom. The predicted octanol–water partition coefficient (Wildman–Crippen LogP) is 0.336. The average Bonchev–Trinajstić information content (AvgIpc) is 2.30. The van der Waals surface area contributed by atoms with E-state index in [0.29, 0.717) is 5.92 Å². The van der Waals surface area contributed by atoms with Gasteiger partial charge < -0.3 is 19.8 Å². The van der Waals surface area contributed by atoms with Crippen LogP contribution < -0.4 is 0 Å². The van der Waals surface area contributed by atoms with E-state index in [0.717, 1.165) is 32.7 Å². The molecule has 1 aliphatic heterocycles. The summed E-state index contributed by atoms with van der Waals surface area (Å²) in [4.78, 5) is 2.19. The minimum absolute atomic E-state index is 0.0228. The van der Waals surface area contributed by atoms with Crippen molar-refractivity contribution in [1.29, 1.82) is 0 Å². The van der Waals surface area contributed by atoms with Crippen molar-refractivity contribution in [2.45, 2.75) is 19.8 Å². The highest BCUT2D eigenvalue weighted by molar-refractivity contribution is 4.77. The Morgan fingerprint density at radius 1 is 1.38 bits per heavy atom. The Labute approximate surface area is 98.2 Å². The van der Waals surface area contributed by atoms with Crippen molar-refractivity contribution >= 4 is 0 Å². The van der Waals surface area contributed by atoms with Crippen molar-refractivity contribution in [3.63, 3.8) is 0 Å². The van der Waals surface area contributed by atoms with Crippen LogP contribution in [0.1, 0.15) is 19.8 Å². The summed E-state index contributed by atoms with van der Waals surface area (Å²) in [5.74, 6) is 0.598. The highest BCUT2D eigenvalue weighted by Crippen LogP contribution is 2.19. The number of rotatable bonds is 6. The van der Waals surface area contributed by atoms with E-state index in [4.69, 9.17) is 4.74 Å². The van der Waals surface area contributed by atoms with Gasteiger partial charge in [-0.05, 0) is 25.8 Å². The number of aliphatic hydroxyl groups excluding tert-OH is 2. The maximum Gasteiger partial charge on any atom is 0.0519 e. The zero-order valence-corrected chi connectivity index (χ0v) is 10.5. The Hall–Kier alpha value is -0.160. The van der Waals surface area contributed by atoms with Crippen molar-refractivity contribution in [2.24, 2.45) is 11.3 Å². The van der Waals surface area contributed by atoms with Gasteiger partial charge in [-0.15, -0.1) is 0 Å². The van der Waals surface area contributed by atoms with E-state index in [1.807, 2.05) is 14.0 Å². The molecule has 4 nitrogen and oxygen atoms in total. The molecule has 0 saturated carbocycles. The van der Waals surface area contributed by atoms with E-state index >= 15 is 0 Å². The standard InChI is InChI=1S/C12H25NO3/c1-12(9-14,10-15)8-13(2)6-11-4-3-5-16-7-11/h11,14-15H,3-10H2,1-2H3. The molecule has 0 bridgehead atoms. The number of aliphatic hydroxyl groups is 2. The van der Waals surface area contributed by atoms with Crippen LogP contribution in [0.2, 0.25) is 0 Å². The van der Waals surface area contributed by atoms with Gasteiger partial charge in [-0.1, -0.05) is 6.92 Å². The molecule has 4 heteroatoms. The van der Waals surface area contributed by atoms with Gasteiger partial charge in [0.15, 0.2) is 0 Å². The van der Waals surface area contributed by atoms with Crippen LogP contribution in [-0.4, -0.2) is 61.7 Å². The highest BCUT2D eigenvalue weighted by Gasteiger charge is 2.25. The quantitative estimate of drug-likeness (QED) is 0.692. The summed E-state index contributed by atoms with van der Waals surface area (Å²) in [5.41, 5.74) is -0.399. The van der Waals surface area contributed by atoms with Crippen LogP contribution >= 0.6 is 0 Å². The van der Waals surface area contributed by atoms with Crippen LogP contribution in [0.4, 0.5) is 0 Å². The van der Waals surface area contributed by atoms with E-state index in [-0.39, 0.29) is 13.2 Å². The maximum absolute atomic E-state index is 9.23. The second-order valence-corrected chi connectivity index (χ2v) is 5.41. The van der Waals surface area contributed by atoms with Crippen LogP contribution in [0.15, 0.2) is 0 Å². The largest absolute Gasteiger partial charge is 0.396 e. The van der Waals surface area contributed by atoms with Crippen LogP contribution in [0.25, 0.3) is 0 Å². The number of hydrogen-bond donors (Lipinski definition) is 2. The second-order valence-electron chi connectivity index (χ2n) is 5.41. The third kappa shape index (κ3) is 4.37. The lowest BCUT2D eigenvalue weighted by atomic mass is 9.91. The molecular weight excluding hydrogens is 206 g/mol. The molecule has 0 aromatic rings. The molecule has 0 radical (unpaired) electrons. The van der Waals surface area contributed by atoms with Gasteiger partial charge in [-0.3, -0.25) is 0 Å². The molecule has 1 atom stereocenters. The maximum atomic E-state index is 9.23. The Balaban J connectivity index is 2.30. The molecule has 2 N–H and O–H groups in total. The summed E-state index contributed by atoms with van der Waals surface area (Å²) in [6, 6.07) is 0. The number of ether oxygens (including phenoxy) is 1. The predicted molar refractivity (Wildman–Crippen MR) is 63.3 cm³/mol. The fourth-order valence-corrected chi connectivity index (χ4v) is 2.26. The monoisotopic (exact) mass is 231 g/mol. The Morgan fingerprint density at radius 3 is 2.56 bits per heavy atom. The fraction of sp³-hybridized carbons (Fsp3) is 1.00. The normalized spacial score (nSPS) is 22.7. The third-order valence-electron chi connectivity index (χ3n) is 3.24. The molecule has 1 saturated heterocycles. The number of nitrogens with zero attached hydrogens (tertiary/aromatic N) is 1. The minimum atomic E-state index is -0.399. The van der Waals surface area contributed by atoms with Gasteiger partial charge in [0.25, 0.3) is 0 Å². The molecule has 1 rings (SSSR count). The van der Waals surface area contributed by atoms with Crippen LogP contribution in [0, 0.1) is 11.3 Å². The molecule has 0 spiro atoms. The second kappa shape index (κ2) is 6.55. The molecule has 1 fully saturated rings. The fourth-order valence-electron chi connectivity index (χ4n) is 2.26. The van der Waals surface area contributed by atoms with Gasteiger partial charge in [0.1, 0.15) is 0 Å². The Kier molecular flexibility index (Phi) is 5.69. The van der Waals surface area contributed by atoms with E-state index < -0.39 is 5.41 Å². The minimum Gasteiger partial charge on any atom is -0.396 e. The average molecular weight is 231 g/mol. The van der Waals surface area contributed by atoms with Crippen molar-refractivity contribution < 1.29 is 14.9 Å². The topological polar surface area (TPSA) is 52.9 Å². The first-order chi connectivity index (χ1) is 7.59. The first-order valence-corrected chi connectivity index (χ1v) is 6.07. The third-order valence-corrected chi connectivity index (χ3v) is 3.24. The first-order valence-electron chi connectivity index (χ1n) is 6.07. The van der Waals surface area contributed by atoms with E-state index in [2.05, 4.69) is 4.90 Å². The lowest BCUT2D eigenvalue weighted by molar-refractivity contribution is 0.0152.